The summed E-state index contributed by atoms with van der Waals surface area (Å²) in [4.78, 5) is 36.9. The Hall–Kier alpha value is -3.50. The van der Waals surface area contributed by atoms with Crippen LogP contribution in [0.15, 0.2) is 29.4 Å². The average Bonchev–Trinajstić information content (AvgIpc) is 3.01. The van der Waals surface area contributed by atoms with Crippen molar-refractivity contribution in [3.8, 4) is 5.69 Å². The Balaban J connectivity index is 1.79. The standard InChI is InChI=1S/C21H24N4O6/c1-13-7-17(11-22-23-19(26)12-24-3-5-31-6-4-24)14(2)25(13)18-9-15(20(27)28)8-16(10-18)21(29)30/h7-11H,3-6,12H2,1-2H3,(H,23,26)(H,27,28)(H,29,30)/b22-11-. The minimum Gasteiger partial charge on any atom is -0.478 e. The highest BCUT2D eigenvalue weighted by atomic mass is 16.5. The first-order valence-electron chi connectivity index (χ1n) is 9.69. The number of nitrogens with zero attached hydrogens (tertiary/aromatic N) is 3. The van der Waals surface area contributed by atoms with Crippen molar-refractivity contribution < 1.29 is 29.3 Å². The summed E-state index contributed by atoms with van der Waals surface area (Å²) in [5.41, 5.74) is 4.89. The van der Waals surface area contributed by atoms with Gasteiger partial charge in [-0.15, -0.1) is 0 Å². The van der Waals surface area contributed by atoms with E-state index in [2.05, 4.69) is 10.5 Å². The van der Waals surface area contributed by atoms with Crippen LogP contribution in [-0.2, 0) is 9.53 Å². The Morgan fingerprint density at radius 3 is 2.26 bits per heavy atom. The number of carboxylic acids is 2. The van der Waals surface area contributed by atoms with Crippen molar-refractivity contribution >= 4 is 24.1 Å². The minimum absolute atomic E-state index is 0.118. The molecule has 10 nitrogen and oxygen atoms in total. The summed E-state index contributed by atoms with van der Waals surface area (Å²) in [6.07, 6.45) is 1.51. The number of rotatable bonds is 7. The topological polar surface area (TPSA) is 133 Å². The van der Waals surface area contributed by atoms with Crippen LogP contribution in [0.2, 0.25) is 0 Å². The predicted octanol–water partition coefficient (Wildman–Crippen LogP) is 1.27. The molecule has 0 atom stereocenters. The number of aryl methyl sites for hydroxylation is 1. The number of carboxylic acid groups (broad SMARTS) is 2. The van der Waals surface area contributed by atoms with Crippen molar-refractivity contribution in [2.75, 3.05) is 32.8 Å². The van der Waals surface area contributed by atoms with Crippen molar-refractivity contribution in [3.05, 3.63) is 52.3 Å². The number of morpholine rings is 1. The van der Waals surface area contributed by atoms with Crippen LogP contribution in [-0.4, -0.2) is 76.6 Å². The number of nitrogens with one attached hydrogen (secondary N) is 1. The molecule has 0 saturated carbocycles. The van der Waals surface area contributed by atoms with Gasteiger partial charge in [0.1, 0.15) is 0 Å². The largest absolute Gasteiger partial charge is 0.478 e. The van der Waals surface area contributed by atoms with Gasteiger partial charge in [0.15, 0.2) is 0 Å². The number of hydrogen-bond donors (Lipinski definition) is 3. The molecule has 2 aromatic rings. The third-order valence-corrected chi connectivity index (χ3v) is 5.00. The van der Waals surface area contributed by atoms with E-state index in [9.17, 15) is 24.6 Å². The predicted molar refractivity (Wildman–Crippen MR) is 112 cm³/mol. The molecule has 1 amide bonds. The van der Waals surface area contributed by atoms with E-state index in [4.69, 9.17) is 4.74 Å². The molecular formula is C21H24N4O6. The average molecular weight is 428 g/mol. The lowest BCUT2D eigenvalue weighted by Crippen LogP contribution is -2.42. The van der Waals surface area contributed by atoms with Gasteiger partial charge in [-0.05, 0) is 38.1 Å². The zero-order valence-electron chi connectivity index (χ0n) is 17.3. The number of amides is 1. The molecule has 0 spiro atoms. The molecule has 10 heteroatoms. The molecule has 31 heavy (non-hydrogen) atoms. The highest BCUT2D eigenvalue weighted by Gasteiger charge is 2.16. The Labute approximate surface area is 178 Å². The van der Waals surface area contributed by atoms with Crippen LogP contribution >= 0.6 is 0 Å². The molecule has 1 aromatic heterocycles. The second kappa shape index (κ2) is 9.54. The zero-order valence-corrected chi connectivity index (χ0v) is 17.3. The van der Waals surface area contributed by atoms with E-state index in [1.807, 2.05) is 17.9 Å². The van der Waals surface area contributed by atoms with Gasteiger partial charge >= 0.3 is 11.9 Å². The third-order valence-electron chi connectivity index (χ3n) is 5.00. The van der Waals surface area contributed by atoms with Crippen molar-refractivity contribution in [2.24, 2.45) is 5.10 Å². The van der Waals surface area contributed by atoms with Gasteiger partial charge in [-0.1, -0.05) is 0 Å². The Morgan fingerprint density at radius 2 is 1.68 bits per heavy atom. The summed E-state index contributed by atoms with van der Waals surface area (Å²) in [5.74, 6) is -2.65. The van der Waals surface area contributed by atoms with E-state index in [0.717, 1.165) is 17.5 Å². The first-order valence-corrected chi connectivity index (χ1v) is 9.69. The zero-order chi connectivity index (χ0) is 22.5. The molecule has 0 aliphatic carbocycles. The van der Waals surface area contributed by atoms with Crippen LogP contribution in [0, 0.1) is 13.8 Å². The van der Waals surface area contributed by atoms with Crippen molar-refractivity contribution in [3.63, 3.8) is 0 Å². The van der Waals surface area contributed by atoms with Gasteiger partial charge in [-0.25, -0.2) is 15.0 Å². The maximum atomic E-state index is 12.1. The van der Waals surface area contributed by atoms with Gasteiger partial charge < -0.3 is 19.5 Å². The SMILES string of the molecule is Cc1cc(/C=N\NC(=O)CN2CCOCC2)c(C)n1-c1cc(C(=O)O)cc(C(=O)O)c1. The molecule has 3 N–H and O–H groups in total. The lowest BCUT2D eigenvalue weighted by molar-refractivity contribution is -0.123. The molecule has 0 bridgehead atoms. The third kappa shape index (κ3) is 5.36. The van der Waals surface area contributed by atoms with Gasteiger partial charge in [0, 0.05) is 35.7 Å². The number of carbonyl (C=O) groups is 3. The number of aromatic carboxylic acids is 2. The quantitative estimate of drug-likeness (QED) is 0.447. The van der Waals surface area contributed by atoms with Gasteiger partial charge in [0.05, 0.1) is 37.1 Å². The van der Waals surface area contributed by atoms with Crippen molar-refractivity contribution in [1.29, 1.82) is 0 Å². The number of benzene rings is 1. The maximum absolute atomic E-state index is 12.1. The van der Waals surface area contributed by atoms with E-state index in [-0.39, 0.29) is 23.6 Å². The molecule has 1 aliphatic heterocycles. The highest BCUT2D eigenvalue weighted by molar-refractivity contribution is 5.95. The monoisotopic (exact) mass is 428 g/mol. The summed E-state index contributed by atoms with van der Waals surface area (Å²) in [7, 11) is 0. The number of hydrogen-bond acceptors (Lipinski definition) is 6. The molecule has 3 rings (SSSR count). The fraction of sp³-hybridized carbons (Fsp3) is 0.333. The van der Waals surface area contributed by atoms with Gasteiger partial charge in [0.2, 0.25) is 0 Å². The smallest absolute Gasteiger partial charge is 0.335 e. The van der Waals surface area contributed by atoms with Crippen LogP contribution in [0.5, 0.6) is 0 Å². The number of aromatic nitrogens is 1. The summed E-state index contributed by atoms with van der Waals surface area (Å²) in [5, 5.41) is 22.7. The fourth-order valence-electron chi connectivity index (χ4n) is 3.47. The summed E-state index contributed by atoms with van der Waals surface area (Å²) in [6.45, 7) is 6.47. The van der Waals surface area contributed by atoms with E-state index in [0.29, 0.717) is 37.6 Å². The van der Waals surface area contributed by atoms with Gasteiger partial charge in [-0.3, -0.25) is 9.69 Å². The molecule has 1 fully saturated rings. The number of hydrazone groups is 1. The molecule has 0 radical (unpaired) electrons. The molecule has 2 heterocycles. The van der Waals surface area contributed by atoms with Crippen molar-refractivity contribution in [1.82, 2.24) is 14.9 Å². The maximum Gasteiger partial charge on any atom is 0.335 e. The van der Waals surface area contributed by atoms with Gasteiger partial charge in [-0.2, -0.15) is 5.10 Å². The minimum atomic E-state index is -1.21. The Kier molecular flexibility index (Phi) is 6.83. The van der Waals surface area contributed by atoms with Crippen LogP contribution in [0.1, 0.15) is 37.7 Å². The summed E-state index contributed by atoms with van der Waals surface area (Å²) < 4.78 is 7.00. The molecule has 1 aliphatic rings. The lowest BCUT2D eigenvalue weighted by Gasteiger charge is -2.25. The van der Waals surface area contributed by atoms with Crippen LogP contribution in [0.4, 0.5) is 0 Å². The van der Waals surface area contributed by atoms with Crippen LogP contribution in [0.3, 0.4) is 0 Å². The number of ether oxygens (including phenoxy) is 1. The lowest BCUT2D eigenvalue weighted by atomic mass is 10.1. The van der Waals surface area contributed by atoms with E-state index < -0.39 is 11.9 Å². The van der Waals surface area contributed by atoms with Gasteiger partial charge in [0.25, 0.3) is 5.91 Å². The van der Waals surface area contributed by atoms with E-state index in [1.54, 1.807) is 11.5 Å². The molecule has 1 saturated heterocycles. The van der Waals surface area contributed by atoms with Crippen LogP contribution < -0.4 is 5.43 Å². The summed E-state index contributed by atoms with van der Waals surface area (Å²) in [6, 6.07) is 5.77. The van der Waals surface area contributed by atoms with E-state index in [1.165, 1.54) is 18.3 Å². The molecule has 0 unspecified atom stereocenters. The first-order chi connectivity index (χ1) is 14.8. The second-order valence-corrected chi connectivity index (χ2v) is 7.22. The molecule has 1 aromatic carbocycles. The molecular weight excluding hydrogens is 404 g/mol. The summed E-state index contributed by atoms with van der Waals surface area (Å²) >= 11 is 0. The second-order valence-electron chi connectivity index (χ2n) is 7.22. The Bertz CT molecular complexity index is 1000. The van der Waals surface area contributed by atoms with E-state index >= 15 is 0 Å². The van der Waals surface area contributed by atoms with Crippen LogP contribution in [0.25, 0.3) is 5.69 Å². The normalized spacial score (nSPS) is 14.6. The Morgan fingerprint density at radius 1 is 1.06 bits per heavy atom. The first kappa shape index (κ1) is 22.2. The molecule has 164 valence electrons. The van der Waals surface area contributed by atoms with Crippen molar-refractivity contribution in [2.45, 2.75) is 13.8 Å². The highest BCUT2D eigenvalue weighted by Crippen LogP contribution is 2.22. The fourth-order valence-corrected chi connectivity index (χ4v) is 3.47. The number of carbonyl (C=O) groups excluding carboxylic acids is 1.